The van der Waals surface area contributed by atoms with Crippen LogP contribution < -0.4 is 36.6 Å². The molecule has 113 heavy (non-hydrogen) atoms. The predicted molar refractivity (Wildman–Crippen MR) is 413 cm³/mol. The van der Waals surface area contributed by atoms with E-state index in [1.54, 1.807) is 178 Å². The SMILES string of the molecule is CC(C)OC(=O)CC(=O)OC(C)C.Cc1ccc(NC(=O)OCCCCOCCCCOC(=O)Nc2ccc(C)c(NC(=O)C(C(=O)OC(C)C)C(=O)OC(C)C)c2)cc1NC(=O)C(C(=O)OC(C)C)C(=O)OC(C)C.Cc1ccc(NC(=O)OCCCCOCCCCOC(=O)Nc2ccc(C)c(OC#N)c2)cc1N=C=O. The number of ether oxygens (including phenoxy) is 13. The molecule has 4 rings (SSSR count). The van der Waals surface area contributed by atoms with Gasteiger partial charge in [-0.05, 0) is 227 Å². The van der Waals surface area contributed by atoms with E-state index in [9.17, 15) is 62.3 Å². The average Bonchev–Trinajstić information content (AvgIpc) is 0.830. The summed E-state index contributed by atoms with van der Waals surface area (Å²) < 4.78 is 66.7. The van der Waals surface area contributed by atoms with Gasteiger partial charge in [0.25, 0.3) is 6.26 Å². The van der Waals surface area contributed by atoms with Gasteiger partial charge in [0.1, 0.15) is 12.2 Å². The molecule has 0 atom stereocenters. The van der Waals surface area contributed by atoms with Crippen molar-refractivity contribution >= 4 is 118 Å². The summed E-state index contributed by atoms with van der Waals surface area (Å²) in [6.07, 6.45) is 2.48. The van der Waals surface area contributed by atoms with Crippen molar-refractivity contribution in [3.63, 3.8) is 0 Å². The van der Waals surface area contributed by atoms with Gasteiger partial charge in [-0.2, -0.15) is 4.99 Å². The fourth-order valence-electron chi connectivity index (χ4n) is 9.03. The van der Waals surface area contributed by atoms with Gasteiger partial charge in [-0.25, -0.2) is 24.0 Å². The van der Waals surface area contributed by atoms with E-state index in [-0.39, 0.29) is 56.4 Å². The van der Waals surface area contributed by atoms with Gasteiger partial charge in [0.2, 0.25) is 29.7 Å². The monoisotopic (exact) mass is 1580 g/mol. The first-order chi connectivity index (χ1) is 53.5. The zero-order valence-electron chi connectivity index (χ0n) is 67.1. The number of carbonyl (C=O) groups excluding carboxylic acids is 13. The van der Waals surface area contributed by atoms with E-state index >= 15 is 0 Å². The molecule has 0 unspecified atom stereocenters. The number of anilines is 6. The molecule has 0 saturated carbocycles. The van der Waals surface area contributed by atoms with E-state index in [1.165, 1.54) is 18.2 Å². The number of isocyanates is 1. The van der Waals surface area contributed by atoms with Crippen molar-refractivity contribution in [2.45, 2.75) is 205 Å². The van der Waals surface area contributed by atoms with E-state index in [0.717, 1.165) is 24.0 Å². The summed E-state index contributed by atoms with van der Waals surface area (Å²) in [5, 5.41) is 24.1. The minimum absolute atomic E-state index is 0.112. The summed E-state index contributed by atoms with van der Waals surface area (Å²) in [6, 6.07) is 19.4. The number of hydrogen-bond acceptors (Lipinski definition) is 28. The number of amides is 6. The van der Waals surface area contributed by atoms with Crippen molar-refractivity contribution in [2.24, 2.45) is 16.8 Å². The number of nitrogens with zero attached hydrogens (tertiary/aromatic N) is 2. The maximum absolute atomic E-state index is 13.1. The second-order valence-corrected chi connectivity index (χ2v) is 26.6. The van der Waals surface area contributed by atoms with Gasteiger partial charge in [0.05, 0.1) is 68.7 Å². The highest BCUT2D eigenvalue weighted by Crippen LogP contribution is 2.27. The number of benzene rings is 4. The molecular formula is C79H108N8O26. The lowest BCUT2D eigenvalue weighted by atomic mass is 10.1. The van der Waals surface area contributed by atoms with Gasteiger partial charge >= 0.3 is 60.2 Å². The minimum Gasteiger partial charge on any atom is -0.463 e. The average molecular weight is 1590 g/mol. The molecule has 620 valence electrons. The first kappa shape index (κ1) is 97.4. The van der Waals surface area contributed by atoms with E-state index in [1.807, 2.05) is 0 Å². The van der Waals surface area contributed by atoms with E-state index < -0.39 is 108 Å². The number of carbonyl (C=O) groups is 12. The molecule has 0 heterocycles. The molecule has 0 bridgehead atoms. The lowest BCUT2D eigenvalue weighted by Crippen LogP contribution is -2.40. The number of rotatable bonds is 42. The van der Waals surface area contributed by atoms with Crippen LogP contribution >= 0.6 is 0 Å². The van der Waals surface area contributed by atoms with Gasteiger partial charge in [0.15, 0.2) is 0 Å². The maximum atomic E-state index is 13.1. The Bertz CT molecular complexity index is 3670. The number of nitrogens with one attached hydrogen (secondary N) is 6. The summed E-state index contributed by atoms with van der Waals surface area (Å²) >= 11 is 0. The van der Waals surface area contributed by atoms with Crippen molar-refractivity contribution < 1.29 is 124 Å². The summed E-state index contributed by atoms with van der Waals surface area (Å²) in [5.74, 6) is -10.5. The lowest BCUT2D eigenvalue weighted by Gasteiger charge is -2.19. The highest BCUT2D eigenvalue weighted by molar-refractivity contribution is 6.19. The Labute approximate surface area is 658 Å². The molecule has 4 aromatic carbocycles. The molecule has 0 fully saturated rings. The Balaban J connectivity index is 0.000000722. The smallest absolute Gasteiger partial charge is 0.411 e. The molecule has 4 aromatic rings. The molecule has 0 spiro atoms. The van der Waals surface area contributed by atoms with Crippen molar-refractivity contribution in [2.75, 3.05) is 84.8 Å². The van der Waals surface area contributed by atoms with E-state index in [4.69, 9.17) is 66.8 Å². The van der Waals surface area contributed by atoms with Crippen LogP contribution in [-0.4, -0.2) is 168 Å². The topological polar surface area (TPSA) is 450 Å². The van der Waals surface area contributed by atoms with Crippen LogP contribution in [0.1, 0.15) is 163 Å². The number of aliphatic imine (C=N–C) groups is 1. The van der Waals surface area contributed by atoms with Crippen LogP contribution in [0.2, 0.25) is 0 Å². The zero-order chi connectivity index (χ0) is 84.5. The van der Waals surface area contributed by atoms with Crippen LogP contribution in [0.25, 0.3) is 0 Å². The Morgan fingerprint density at radius 3 is 0.947 bits per heavy atom. The molecule has 0 aliphatic heterocycles. The van der Waals surface area contributed by atoms with Crippen LogP contribution in [0.3, 0.4) is 0 Å². The number of unbranched alkanes of at least 4 members (excludes halogenated alkanes) is 4. The molecule has 0 aliphatic carbocycles. The lowest BCUT2D eigenvalue weighted by molar-refractivity contribution is -0.170. The molecule has 0 radical (unpaired) electrons. The Morgan fingerprint density at radius 1 is 0.363 bits per heavy atom. The third-order valence-electron chi connectivity index (χ3n) is 14.3. The maximum Gasteiger partial charge on any atom is 0.411 e. The second kappa shape index (κ2) is 54.0. The third-order valence-corrected chi connectivity index (χ3v) is 14.3. The summed E-state index contributed by atoms with van der Waals surface area (Å²) in [5.41, 5.74) is 5.24. The Morgan fingerprint density at radius 2 is 0.646 bits per heavy atom. The van der Waals surface area contributed by atoms with Crippen molar-refractivity contribution in [1.82, 2.24) is 0 Å². The van der Waals surface area contributed by atoms with Crippen LogP contribution in [0.15, 0.2) is 77.8 Å². The third kappa shape index (κ3) is 42.9. The molecule has 6 N–H and O–H groups in total. The zero-order valence-corrected chi connectivity index (χ0v) is 67.1. The van der Waals surface area contributed by atoms with Crippen LogP contribution in [-0.2, 0) is 100.0 Å². The van der Waals surface area contributed by atoms with Crippen molar-refractivity contribution in [3.05, 3.63) is 95.1 Å². The second-order valence-electron chi connectivity index (χ2n) is 26.6. The number of nitriles is 1. The summed E-state index contributed by atoms with van der Waals surface area (Å²) in [6.45, 7) is 29.2. The molecular weight excluding hydrogens is 1480 g/mol. The Kier molecular flexibility index (Phi) is 46.6. The summed E-state index contributed by atoms with van der Waals surface area (Å²) in [4.78, 5) is 161. The standard InChI is InChI=1S/C44H62N4O15.C26H30N4O7.C9H16O4/c1-25(2)60-39(51)35(40(52)61-26(3)4)37(49)47-33-23-31(17-15-29(33)9)45-43(55)58-21-13-11-19-57-20-12-14-22-59-44(56)46-32-18-16-30(10)34(24-32)48-38(50)36(41(53)62-27(5)6)42(54)63-28(7)8;1-19-7-9-21(15-23(19)28-18-31)29-25(32)35-13-5-3-11-34-12-4-6-14-36-26(33)30-22-10-8-20(2)24(16-22)37-17-27;1-6(2)12-8(10)5-9(11)13-7(3)4/h15-18,23-28,35-36H,11-14,19-22H2,1-10H3,(H,45,55)(H,46,56)(H,47,49)(H,48,50);7-10,15-16H,3-6,11-14H2,1-2H3,(H,29,32)(H,30,33);6-7H,5H2,1-4H3. The molecule has 6 amide bonds. The van der Waals surface area contributed by atoms with Gasteiger partial charge in [-0.3, -0.25) is 59.6 Å². The molecule has 34 heteroatoms. The van der Waals surface area contributed by atoms with Crippen molar-refractivity contribution in [3.8, 4) is 12.0 Å². The van der Waals surface area contributed by atoms with Crippen LogP contribution in [0.4, 0.5) is 59.0 Å². The first-order valence-electron chi connectivity index (χ1n) is 36.8. The first-order valence-corrected chi connectivity index (χ1v) is 36.8. The van der Waals surface area contributed by atoms with Crippen LogP contribution in [0.5, 0.6) is 5.75 Å². The number of esters is 6. The highest BCUT2D eigenvalue weighted by Gasteiger charge is 2.40. The van der Waals surface area contributed by atoms with Gasteiger partial charge in [-0.15, -0.1) is 5.26 Å². The predicted octanol–water partition coefficient (Wildman–Crippen LogP) is 13.4. The normalized spacial score (nSPS) is 10.6. The van der Waals surface area contributed by atoms with Crippen LogP contribution in [0, 0.1) is 51.0 Å². The fourth-order valence-corrected chi connectivity index (χ4v) is 9.03. The minimum atomic E-state index is -1.85. The Hall–Kier alpha value is -11.7. The molecule has 34 nitrogen and oxygen atoms in total. The fraction of sp³-hybridized carbons (Fsp3) is 0.519. The van der Waals surface area contributed by atoms with E-state index in [2.05, 4.69) is 36.9 Å². The molecule has 0 aliphatic rings. The van der Waals surface area contributed by atoms with Gasteiger partial charge in [0, 0.05) is 66.6 Å². The van der Waals surface area contributed by atoms with Gasteiger partial charge in [-0.1, -0.05) is 24.3 Å². The largest absolute Gasteiger partial charge is 0.463 e. The molecule has 0 aromatic heterocycles. The molecule has 0 saturated heterocycles. The number of aryl methyl sites for hydroxylation is 4. The quantitative estimate of drug-likeness (QED) is 0.00456. The van der Waals surface area contributed by atoms with E-state index in [0.29, 0.717) is 110 Å². The van der Waals surface area contributed by atoms with Gasteiger partial charge < -0.3 is 72.2 Å². The highest BCUT2D eigenvalue weighted by atomic mass is 16.6. The van der Waals surface area contributed by atoms with Crippen molar-refractivity contribution in [1.29, 1.82) is 5.26 Å². The number of hydrogen-bond donors (Lipinski definition) is 6. The summed E-state index contributed by atoms with van der Waals surface area (Å²) in [7, 11) is 0.